The number of nitrogens with two attached hydrogens (primary N) is 1. The van der Waals surface area contributed by atoms with Gasteiger partial charge < -0.3 is 25.4 Å². The highest BCUT2D eigenvalue weighted by atomic mass is 32.1. The number of benzene rings is 3. The largest absolute Gasteiger partial charge is 0.494 e. The first kappa shape index (κ1) is 30.0. The number of nitrogens with one attached hydrogen (secondary N) is 2. The van der Waals surface area contributed by atoms with E-state index in [0.29, 0.717) is 47.4 Å². The summed E-state index contributed by atoms with van der Waals surface area (Å²) in [5.41, 5.74) is 8.12. The molecule has 2 atom stereocenters. The van der Waals surface area contributed by atoms with E-state index in [1.807, 2.05) is 25.1 Å². The predicted molar refractivity (Wildman–Crippen MR) is 168 cm³/mol. The first-order valence-corrected chi connectivity index (χ1v) is 14.6. The average Bonchev–Trinajstić information content (AvgIpc) is 3.48. The second-order valence-electron chi connectivity index (χ2n) is 10.1. The molecule has 1 aliphatic heterocycles. The van der Waals surface area contributed by atoms with E-state index in [9.17, 15) is 9.59 Å². The van der Waals surface area contributed by atoms with Crippen LogP contribution in [0.3, 0.4) is 0 Å². The highest BCUT2D eigenvalue weighted by molar-refractivity contribution is 7.80. The number of aromatic nitrogens is 1. The number of amides is 2. The molecular weight excluding hydrogens is 569 g/mol. The molecule has 43 heavy (non-hydrogen) atoms. The van der Waals surface area contributed by atoms with Crippen molar-refractivity contribution in [2.45, 2.75) is 43.7 Å². The van der Waals surface area contributed by atoms with Crippen molar-refractivity contribution in [2.24, 2.45) is 0 Å². The number of pyridine rings is 1. The summed E-state index contributed by atoms with van der Waals surface area (Å²) in [6.45, 7) is 4.68. The van der Waals surface area contributed by atoms with Crippen LogP contribution in [0.5, 0.6) is 5.75 Å². The maximum atomic E-state index is 15.5. The highest BCUT2D eigenvalue weighted by Crippen LogP contribution is 2.39. The Morgan fingerprint density at radius 3 is 2.70 bits per heavy atom. The predicted octanol–water partition coefficient (Wildman–Crippen LogP) is 6.73. The van der Waals surface area contributed by atoms with Crippen LogP contribution >= 0.6 is 12.6 Å². The zero-order chi connectivity index (χ0) is 30.5. The molecule has 1 aromatic heterocycles. The molecule has 5 rings (SSSR count). The van der Waals surface area contributed by atoms with Gasteiger partial charge in [-0.3, -0.25) is 10.1 Å². The monoisotopic (exact) mass is 603 g/mol. The third-order valence-electron chi connectivity index (χ3n) is 7.39. The Bertz CT molecular complexity index is 1650. The van der Waals surface area contributed by atoms with Crippen molar-refractivity contribution >= 4 is 52.6 Å². The fourth-order valence-electron chi connectivity index (χ4n) is 5.43. The minimum Gasteiger partial charge on any atom is -0.494 e. The molecule has 3 aromatic carbocycles. The summed E-state index contributed by atoms with van der Waals surface area (Å²) in [6, 6.07) is 15.6. The summed E-state index contributed by atoms with van der Waals surface area (Å²) < 4.78 is 26.1. The molecule has 224 valence electrons. The summed E-state index contributed by atoms with van der Waals surface area (Å²) in [4.78, 5) is 33.0. The first-order chi connectivity index (χ1) is 20.8. The Morgan fingerprint density at radius 2 is 1.91 bits per heavy atom. The molecular formula is C32H34FN5O4S. The minimum absolute atomic E-state index is 0.166. The van der Waals surface area contributed by atoms with Crippen LogP contribution < -0.4 is 21.1 Å². The van der Waals surface area contributed by atoms with Gasteiger partial charge >= 0.3 is 6.09 Å². The van der Waals surface area contributed by atoms with Gasteiger partial charge in [-0.2, -0.15) is 0 Å². The molecule has 0 saturated carbocycles. The Labute approximate surface area is 255 Å². The standard InChI is InChI=1S/C32H34FN5O4S/c1-3-41-22-9-11-26(33)24(18-22)29(36-20-7-10-23-19(16-20)13-14-35-30(23)34)31(39)38-15-5-6-27(38)25-17-21(8-12-28(25)43)37-32(40)42-4-2/h7-14,16-18,27,29,36,43H,3-6,15H2,1-2H3,(H2,34,35)(H,37,40)/t27-,29+/m1/s1. The average molecular weight is 604 g/mol. The SMILES string of the molecule is CCOC(=O)Nc1ccc(S)c([C@H]2CCCN2C(=O)[C@@H](Nc2ccc3c(N)nccc3c2)c2cc(OCC)ccc2F)c1. The van der Waals surface area contributed by atoms with Gasteiger partial charge in [0.1, 0.15) is 23.4 Å². The molecule has 4 N–H and O–H groups in total. The molecule has 11 heteroatoms. The Hall–Kier alpha value is -4.51. The molecule has 0 bridgehead atoms. The molecule has 0 spiro atoms. The molecule has 0 unspecified atom stereocenters. The van der Waals surface area contributed by atoms with Crippen molar-refractivity contribution in [3.05, 3.63) is 83.8 Å². The Morgan fingerprint density at radius 1 is 1.09 bits per heavy atom. The van der Waals surface area contributed by atoms with Crippen LogP contribution in [0.1, 0.15) is 49.9 Å². The van der Waals surface area contributed by atoms with Crippen LogP contribution in [0.25, 0.3) is 10.8 Å². The number of carbonyl (C=O) groups is 2. The van der Waals surface area contributed by atoms with Crippen LogP contribution in [0.2, 0.25) is 0 Å². The maximum absolute atomic E-state index is 15.5. The van der Waals surface area contributed by atoms with E-state index in [1.165, 1.54) is 6.07 Å². The molecule has 2 amide bonds. The molecule has 2 heterocycles. The number of thiol groups is 1. The number of rotatable bonds is 9. The zero-order valence-corrected chi connectivity index (χ0v) is 24.9. The van der Waals surface area contributed by atoms with Crippen LogP contribution in [0.15, 0.2) is 71.8 Å². The lowest BCUT2D eigenvalue weighted by atomic mass is 10.00. The number of likely N-dealkylation sites (tertiary alicyclic amines) is 1. The van der Waals surface area contributed by atoms with Crippen molar-refractivity contribution < 1.29 is 23.5 Å². The van der Waals surface area contributed by atoms with E-state index < -0.39 is 18.0 Å². The number of carbonyl (C=O) groups excluding carboxylic acids is 2. The number of hydrogen-bond acceptors (Lipinski definition) is 8. The fourth-order valence-corrected chi connectivity index (χ4v) is 5.72. The third kappa shape index (κ3) is 6.61. The van der Waals surface area contributed by atoms with Crippen molar-refractivity contribution in [2.75, 3.05) is 36.1 Å². The van der Waals surface area contributed by atoms with Gasteiger partial charge in [-0.05, 0) is 98.3 Å². The lowest BCUT2D eigenvalue weighted by Crippen LogP contribution is -2.38. The zero-order valence-electron chi connectivity index (χ0n) is 24.0. The molecule has 0 radical (unpaired) electrons. The molecule has 0 aliphatic carbocycles. The van der Waals surface area contributed by atoms with Crippen molar-refractivity contribution in [1.82, 2.24) is 9.88 Å². The van der Waals surface area contributed by atoms with E-state index in [0.717, 1.165) is 22.8 Å². The lowest BCUT2D eigenvalue weighted by Gasteiger charge is -2.31. The summed E-state index contributed by atoms with van der Waals surface area (Å²) in [7, 11) is 0. The molecule has 1 aliphatic rings. The van der Waals surface area contributed by atoms with Crippen LogP contribution in [0.4, 0.5) is 26.4 Å². The van der Waals surface area contributed by atoms with Crippen molar-refractivity contribution in [1.29, 1.82) is 0 Å². The smallest absolute Gasteiger partial charge is 0.411 e. The van der Waals surface area contributed by atoms with Crippen molar-refractivity contribution in [3.8, 4) is 5.75 Å². The number of hydrogen-bond donors (Lipinski definition) is 4. The second-order valence-corrected chi connectivity index (χ2v) is 10.6. The van der Waals surface area contributed by atoms with Gasteiger partial charge in [-0.15, -0.1) is 12.6 Å². The topological polar surface area (TPSA) is 119 Å². The fraction of sp³-hybridized carbons (Fsp3) is 0.281. The van der Waals surface area contributed by atoms with Crippen LogP contribution in [-0.2, 0) is 9.53 Å². The molecule has 9 nitrogen and oxygen atoms in total. The summed E-state index contributed by atoms with van der Waals surface area (Å²) >= 11 is 4.67. The highest BCUT2D eigenvalue weighted by Gasteiger charge is 2.37. The normalized spacial score (nSPS) is 15.3. The third-order valence-corrected chi connectivity index (χ3v) is 7.79. The van der Waals surface area contributed by atoms with E-state index in [4.69, 9.17) is 15.2 Å². The number of anilines is 3. The molecule has 1 fully saturated rings. The minimum atomic E-state index is -1.07. The van der Waals surface area contributed by atoms with E-state index in [1.54, 1.807) is 54.4 Å². The van der Waals surface area contributed by atoms with Crippen LogP contribution in [0, 0.1) is 5.82 Å². The molecule has 1 saturated heterocycles. The number of fused-ring (bicyclic) bond motifs is 1. The van der Waals surface area contributed by atoms with E-state index in [2.05, 4.69) is 28.2 Å². The summed E-state index contributed by atoms with van der Waals surface area (Å²) in [6.07, 6.45) is 2.47. The van der Waals surface area contributed by atoms with Crippen LogP contribution in [-0.4, -0.2) is 41.6 Å². The van der Waals surface area contributed by atoms with E-state index in [-0.39, 0.29) is 24.1 Å². The van der Waals surface area contributed by atoms with Gasteiger partial charge in [0.15, 0.2) is 0 Å². The quantitative estimate of drug-likeness (QED) is 0.157. The Balaban J connectivity index is 1.52. The van der Waals surface area contributed by atoms with Gasteiger partial charge in [0.05, 0.1) is 19.3 Å². The number of nitrogen functional groups attached to an aromatic ring is 1. The number of nitrogens with zero attached hydrogens (tertiary/aromatic N) is 2. The van der Waals surface area contributed by atoms with Gasteiger partial charge in [-0.25, -0.2) is 14.2 Å². The van der Waals surface area contributed by atoms with Crippen molar-refractivity contribution in [3.63, 3.8) is 0 Å². The number of halogens is 1. The van der Waals surface area contributed by atoms with Gasteiger partial charge in [0.25, 0.3) is 0 Å². The molecule has 4 aromatic rings. The number of ether oxygens (including phenoxy) is 2. The summed E-state index contributed by atoms with van der Waals surface area (Å²) in [5, 5.41) is 7.61. The van der Waals surface area contributed by atoms with Gasteiger partial charge in [-0.1, -0.05) is 0 Å². The van der Waals surface area contributed by atoms with Gasteiger partial charge in [0, 0.05) is 40.0 Å². The summed E-state index contributed by atoms with van der Waals surface area (Å²) in [5.74, 6) is 0.0224. The maximum Gasteiger partial charge on any atom is 0.411 e. The lowest BCUT2D eigenvalue weighted by molar-refractivity contribution is -0.133. The first-order valence-electron chi connectivity index (χ1n) is 14.2. The second kappa shape index (κ2) is 13.2. The van der Waals surface area contributed by atoms with E-state index >= 15 is 4.39 Å². The van der Waals surface area contributed by atoms with Gasteiger partial charge in [0.2, 0.25) is 5.91 Å². The Kier molecular flexibility index (Phi) is 9.20.